The van der Waals surface area contributed by atoms with Crippen LogP contribution >= 0.6 is 11.3 Å². The van der Waals surface area contributed by atoms with E-state index in [1.807, 2.05) is 11.3 Å². The van der Waals surface area contributed by atoms with Crippen molar-refractivity contribution < 1.29 is 4.74 Å². The zero-order valence-corrected chi connectivity index (χ0v) is 18.2. The van der Waals surface area contributed by atoms with Crippen molar-refractivity contribution >= 4 is 32.3 Å². The number of nitrogens with zero attached hydrogens (tertiary/aromatic N) is 2. The van der Waals surface area contributed by atoms with E-state index >= 15 is 0 Å². The average molecular weight is 391 g/mol. The zero-order valence-electron chi connectivity index (χ0n) is 17.4. The number of fused-ring (bicyclic) bond motifs is 2. The molecular formula is C24H26N2OS. The van der Waals surface area contributed by atoms with Gasteiger partial charge in [0.25, 0.3) is 0 Å². The van der Waals surface area contributed by atoms with Crippen LogP contribution in [0.2, 0.25) is 0 Å². The van der Waals surface area contributed by atoms with Gasteiger partial charge in [-0.05, 0) is 59.4 Å². The maximum absolute atomic E-state index is 5.47. The van der Waals surface area contributed by atoms with Crippen LogP contribution in [0.1, 0.15) is 37.5 Å². The Morgan fingerprint density at radius 2 is 1.68 bits per heavy atom. The quantitative estimate of drug-likeness (QED) is 0.389. The van der Waals surface area contributed by atoms with Crippen molar-refractivity contribution in [3.63, 3.8) is 0 Å². The molecule has 0 aliphatic heterocycles. The zero-order chi connectivity index (χ0) is 20.1. The predicted molar refractivity (Wildman–Crippen MR) is 120 cm³/mol. The predicted octanol–water partition coefficient (Wildman–Crippen LogP) is 6.73. The summed E-state index contributed by atoms with van der Waals surface area (Å²) in [5, 5.41) is 2.24. The monoisotopic (exact) mass is 390 g/mol. The first-order valence-electron chi connectivity index (χ1n) is 9.59. The second-order valence-corrected chi connectivity index (χ2v) is 9.67. The van der Waals surface area contributed by atoms with Crippen LogP contribution in [-0.2, 0) is 6.42 Å². The number of benzene rings is 2. The van der Waals surface area contributed by atoms with Gasteiger partial charge in [0, 0.05) is 9.58 Å². The van der Waals surface area contributed by atoms with Crippen molar-refractivity contribution in [1.29, 1.82) is 0 Å². The van der Waals surface area contributed by atoms with E-state index in [2.05, 4.69) is 74.9 Å². The summed E-state index contributed by atoms with van der Waals surface area (Å²) in [6, 6.07) is 11.2. The fraction of sp³-hybridized carbons (Fsp3) is 0.333. The van der Waals surface area contributed by atoms with Gasteiger partial charge < -0.3 is 4.74 Å². The first kappa shape index (κ1) is 18.9. The summed E-state index contributed by atoms with van der Waals surface area (Å²) in [4.78, 5) is 10.1. The second-order valence-electron chi connectivity index (χ2n) is 8.65. The van der Waals surface area contributed by atoms with Gasteiger partial charge in [0.1, 0.15) is 6.33 Å². The first-order chi connectivity index (χ1) is 13.3. The molecule has 2 heterocycles. The van der Waals surface area contributed by atoms with Gasteiger partial charge in [-0.25, -0.2) is 9.97 Å². The van der Waals surface area contributed by atoms with E-state index in [1.165, 1.54) is 37.2 Å². The molecule has 2 aromatic carbocycles. The van der Waals surface area contributed by atoms with Gasteiger partial charge in [-0.2, -0.15) is 0 Å². The molecule has 0 aliphatic rings. The third kappa shape index (κ3) is 3.26. The number of rotatable bonds is 3. The smallest absolute Gasteiger partial charge is 0.224 e. The van der Waals surface area contributed by atoms with Crippen LogP contribution in [0.5, 0.6) is 5.88 Å². The Balaban J connectivity index is 1.86. The van der Waals surface area contributed by atoms with Gasteiger partial charge in [0.15, 0.2) is 0 Å². The van der Waals surface area contributed by atoms with Gasteiger partial charge in [-0.1, -0.05) is 45.0 Å². The van der Waals surface area contributed by atoms with Gasteiger partial charge in [-0.15, -0.1) is 11.3 Å². The Kier molecular flexibility index (Phi) is 4.62. The molecule has 0 bridgehead atoms. The van der Waals surface area contributed by atoms with Crippen LogP contribution in [-0.4, -0.2) is 17.1 Å². The number of hydrogen-bond acceptors (Lipinski definition) is 4. The molecule has 0 fully saturated rings. The van der Waals surface area contributed by atoms with Gasteiger partial charge in [0.2, 0.25) is 5.88 Å². The summed E-state index contributed by atoms with van der Waals surface area (Å²) >= 11 is 1.85. The van der Waals surface area contributed by atoms with E-state index in [9.17, 15) is 0 Å². The topological polar surface area (TPSA) is 35.0 Å². The molecule has 28 heavy (non-hydrogen) atoms. The lowest BCUT2D eigenvalue weighted by Crippen LogP contribution is -2.08. The minimum Gasteiger partial charge on any atom is -0.480 e. The SMILES string of the molecule is COc1ncnc2c(C)c3sc(-c4ccc(CC(C)(C)C)cc4)c(C)c3cc12. The summed E-state index contributed by atoms with van der Waals surface area (Å²) in [5.41, 5.74) is 6.42. The standard InChI is InChI=1S/C24H26N2OS/c1-14-18-11-19-20(25-13-26-23(19)27-6)15(2)22(18)28-21(14)17-9-7-16(8-10-17)12-24(3,4)5/h7-11,13H,12H2,1-6H3. The molecule has 0 saturated heterocycles. The lowest BCUT2D eigenvalue weighted by molar-refractivity contribution is 0.402. The number of thiophene rings is 1. The molecule has 0 atom stereocenters. The molecule has 4 rings (SSSR count). The van der Waals surface area contributed by atoms with Crippen LogP contribution in [0.15, 0.2) is 36.7 Å². The highest BCUT2D eigenvalue weighted by molar-refractivity contribution is 7.22. The Labute approximate surface area is 170 Å². The summed E-state index contributed by atoms with van der Waals surface area (Å²) in [5.74, 6) is 0.633. The van der Waals surface area contributed by atoms with Crippen LogP contribution in [0.4, 0.5) is 0 Å². The van der Waals surface area contributed by atoms with Crippen molar-refractivity contribution in [3.05, 3.63) is 53.3 Å². The highest BCUT2D eigenvalue weighted by Crippen LogP contribution is 2.42. The van der Waals surface area contributed by atoms with E-state index in [0.29, 0.717) is 11.3 Å². The molecule has 4 heteroatoms. The molecule has 0 saturated carbocycles. The lowest BCUT2D eigenvalue weighted by atomic mass is 9.88. The Morgan fingerprint density at radius 1 is 0.964 bits per heavy atom. The maximum atomic E-state index is 5.47. The fourth-order valence-electron chi connectivity index (χ4n) is 3.86. The number of ether oxygens (including phenoxy) is 1. The minimum absolute atomic E-state index is 0.298. The van der Waals surface area contributed by atoms with E-state index in [1.54, 1.807) is 13.4 Å². The van der Waals surface area contributed by atoms with Gasteiger partial charge in [-0.3, -0.25) is 0 Å². The summed E-state index contributed by atoms with van der Waals surface area (Å²) in [6.07, 6.45) is 2.66. The number of methoxy groups -OCH3 is 1. The van der Waals surface area contributed by atoms with Crippen LogP contribution in [0, 0.1) is 19.3 Å². The van der Waals surface area contributed by atoms with E-state index in [0.717, 1.165) is 17.3 Å². The molecule has 2 aromatic heterocycles. The Morgan fingerprint density at radius 3 is 2.32 bits per heavy atom. The first-order valence-corrected chi connectivity index (χ1v) is 10.4. The van der Waals surface area contributed by atoms with Crippen molar-refractivity contribution in [3.8, 4) is 16.3 Å². The van der Waals surface area contributed by atoms with E-state index in [-0.39, 0.29) is 0 Å². The molecule has 144 valence electrons. The molecule has 0 radical (unpaired) electrons. The van der Waals surface area contributed by atoms with Crippen LogP contribution in [0.25, 0.3) is 31.4 Å². The molecule has 0 amide bonds. The number of aryl methyl sites for hydroxylation is 2. The van der Waals surface area contributed by atoms with Crippen molar-refractivity contribution in [2.24, 2.45) is 5.41 Å². The normalized spacial score (nSPS) is 12.1. The Hall–Kier alpha value is -2.46. The minimum atomic E-state index is 0.298. The molecule has 0 unspecified atom stereocenters. The van der Waals surface area contributed by atoms with Crippen molar-refractivity contribution in [1.82, 2.24) is 9.97 Å². The highest BCUT2D eigenvalue weighted by atomic mass is 32.1. The van der Waals surface area contributed by atoms with Gasteiger partial charge in [0.05, 0.1) is 18.0 Å². The molecule has 0 spiro atoms. The maximum Gasteiger partial charge on any atom is 0.224 e. The summed E-state index contributed by atoms with van der Waals surface area (Å²) in [7, 11) is 1.66. The molecule has 4 aromatic rings. The van der Waals surface area contributed by atoms with E-state index in [4.69, 9.17) is 4.74 Å². The third-order valence-corrected chi connectivity index (χ3v) is 6.65. The van der Waals surface area contributed by atoms with Crippen molar-refractivity contribution in [2.45, 2.75) is 41.0 Å². The summed E-state index contributed by atoms with van der Waals surface area (Å²) < 4.78 is 6.76. The van der Waals surface area contributed by atoms with Crippen LogP contribution in [0.3, 0.4) is 0 Å². The molecule has 3 nitrogen and oxygen atoms in total. The molecule has 0 N–H and O–H groups in total. The Bertz CT molecular complexity index is 1170. The number of hydrogen-bond donors (Lipinski definition) is 0. The highest BCUT2D eigenvalue weighted by Gasteiger charge is 2.17. The average Bonchev–Trinajstić information content (AvgIpc) is 2.98. The molecule has 0 aliphatic carbocycles. The molecular weight excluding hydrogens is 364 g/mol. The lowest BCUT2D eigenvalue weighted by Gasteiger charge is -2.18. The number of aromatic nitrogens is 2. The van der Waals surface area contributed by atoms with E-state index < -0.39 is 0 Å². The van der Waals surface area contributed by atoms with Gasteiger partial charge >= 0.3 is 0 Å². The third-order valence-electron chi connectivity index (χ3n) is 5.17. The second kappa shape index (κ2) is 6.85. The fourth-order valence-corrected chi connectivity index (χ4v) is 5.16. The van der Waals surface area contributed by atoms with Crippen molar-refractivity contribution in [2.75, 3.05) is 7.11 Å². The largest absolute Gasteiger partial charge is 0.480 e. The van der Waals surface area contributed by atoms with Crippen LogP contribution < -0.4 is 4.74 Å². The summed E-state index contributed by atoms with van der Waals surface area (Å²) in [6.45, 7) is 11.2.